The van der Waals surface area contributed by atoms with Gasteiger partial charge in [-0.15, -0.1) is 10.2 Å². The summed E-state index contributed by atoms with van der Waals surface area (Å²) < 4.78 is 16.2. The summed E-state index contributed by atoms with van der Waals surface area (Å²) in [5, 5.41) is 8.23. The Morgan fingerprint density at radius 2 is 1.96 bits per heavy atom. The molecule has 4 rings (SSSR count). The molecular formula is C21H23N3O4. The van der Waals surface area contributed by atoms with Crippen molar-refractivity contribution in [2.24, 2.45) is 0 Å². The third kappa shape index (κ3) is 4.08. The molecule has 1 aromatic carbocycles. The Balaban J connectivity index is 1.27. The Bertz CT molecular complexity index is 894. The van der Waals surface area contributed by atoms with E-state index in [2.05, 4.69) is 10.2 Å². The molecule has 0 bridgehead atoms. The van der Waals surface area contributed by atoms with E-state index in [-0.39, 0.29) is 11.8 Å². The third-order valence-electron chi connectivity index (χ3n) is 5.16. The van der Waals surface area contributed by atoms with Crippen molar-refractivity contribution < 1.29 is 18.4 Å². The second kappa shape index (κ2) is 8.29. The van der Waals surface area contributed by atoms with Crippen LogP contribution in [0, 0.1) is 0 Å². The highest BCUT2D eigenvalue weighted by Gasteiger charge is 2.27. The summed E-state index contributed by atoms with van der Waals surface area (Å²) in [4.78, 5) is 14.5. The summed E-state index contributed by atoms with van der Waals surface area (Å²) in [6.07, 6.45) is 4.48. The number of nitrogens with zero attached hydrogens (tertiary/aromatic N) is 3. The Labute approximate surface area is 163 Å². The first-order chi connectivity index (χ1) is 13.7. The lowest BCUT2D eigenvalue weighted by Gasteiger charge is -2.30. The maximum absolute atomic E-state index is 12.5. The van der Waals surface area contributed by atoms with Crippen molar-refractivity contribution in [3.8, 4) is 17.4 Å². The molecule has 2 aromatic heterocycles. The topological polar surface area (TPSA) is 81.6 Å². The smallest absolute Gasteiger partial charge is 0.283 e. The molecule has 1 saturated heterocycles. The first kappa shape index (κ1) is 18.3. The molecule has 0 spiro atoms. The molecule has 0 N–H and O–H groups in total. The summed E-state index contributed by atoms with van der Waals surface area (Å²) in [5.74, 6) is 2.80. The van der Waals surface area contributed by atoms with Crippen molar-refractivity contribution in [1.82, 2.24) is 15.1 Å². The molecule has 0 atom stereocenters. The molecule has 7 heteroatoms. The minimum atomic E-state index is 0.182. The molecule has 7 nitrogen and oxygen atoms in total. The number of benzene rings is 1. The van der Waals surface area contributed by atoms with Gasteiger partial charge in [0.05, 0.1) is 13.4 Å². The van der Waals surface area contributed by atoms with Gasteiger partial charge >= 0.3 is 0 Å². The van der Waals surface area contributed by atoms with E-state index >= 15 is 0 Å². The van der Waals surface area contributed by atoms with Crippen LogP contribution in [0.15, 0.2) is 51.5 Å². The highest BCUT2D eigenvalue weighted by Crippen LogP contribution is 2.29. The molecule has 1 aliphatic heterocycles. The molecule has 0 radical (unpaired) electrons. The fraction of sp³-hybridized carbons (Fsp3) is 0.381. The summed E-state index contributed by atoms with van der Waals surface area (Å²) in [5.41, 5.74) is 1.14. The zero-order chi connectivity index (χ0) is 19.3. The molecule has 3 heterocycles. The molecule has 1 amide bonds. The molecule has 28 heavy (non-hydrogen) atoms. The summed E-state index contributed by atoms with van der Waals surface area (Å²) in [6.45, 7) is 1.43. The van der Waals surface area contributed by atoms with Gasteiger partial charge in [0.1, 0.15) is 5.75 Å². The Hall–Kier alpha value is -3.09. The van der Waals surface area contributed by atoms with E-state index in [1.807, 2.05) is 29.2 Å². The van der Waals surface area contributed by atoms with Crippen molar-refractivity contribution in [1.29, 1.82) is 0 Å². The van der Waals surface area contributed by atoms with Crippen LogP contribution in [-0.4, -0.2) is 41.2 Å². The number of piperidine rings is 1. The summed E-state index contributed by atoms with van der Waals surface area (Å²) in [7, 11) is 1.65. The number of likely N-dealkylation sites (tertiary alicyclic amines) is 1. The van der Waals surface area contributed by atoms with Gasteiger partial charge in [0.25, 0.3) is 5.89 Å². The molecule has 0 aliphatic carbocycles. The first-order valence-corrected chi connectivity index (χ1v) is 9.51. The van der Waals surface area contributed by atoms with Crippen molar-refractivity contribution >= 4 is 5.91 Å². The van der Waals surface area contributed by atoms with Crippen molar-refractivity contribution in [3.63, 3.8) is 0 Å². The zero-order valence-electron chi connectivity index (χ0n) is 15.8. The Kier molecular flexibility index (Phi) is 5.41. The number of furan rings is 1. The maximum atomic E-state index is 12.5. The monoisotopic (exact) mass is 381 g/mol. The van der Waals surface area contributed by atoms with Crippen LogP contribution >= 0.6 is 0 Å². The van der Waals surface area contributed by atoms with Crippen molar-refractivity contribution in [3.05, 3.63) is 54.1 Å². The normalized spacial score (nSPS) is 15.0. The summed E-state index contributed by atoms with van der Waals surface area (Å²) >= 11 is 0. The van der Waals surface area contributed by atoms with Gasteiger partial charge in [0.2, 0.25) is 11.8 Å². The summed E-state index contributed by atoms with van der Waals surface area (Å²) in [6, 6.07) is 11.4. The van der Waals surface area contributed by atoms with Gasteiger partial charge in [0.15, 0.2) is 5.76 Å². The molecule has 3 aromatic rings. The van der Waals surface area contributed by atoms with Gasteiger partial charge < -0.3 is 18.5 Å². The van der Waals surface area contributed by atoms with E-state index in [1.165, 1.54) is 0 Å². The predicted octanol–water partition coefficient (Wildman–Crippen LogP) is 3.68. The second-order valence-electron chi connectivity index (χ2n) is 6.93. The van der Waals surface area contributed by atoms with Gasteiger partial charge in [-0.05, 0) is 49.1 Å². The van der Waals surface area contributed by atoms with E-state index in [9.17, 15) is 4.79 Å². The van der Waals surface area contributed by atoms with Gasteiger partial charge in [0, 0.05) is 25.4 Å². The number of aryl methyl sites for hydroxylation is 1. The molecule has 0 saturated carbocycles. The highest BCUT2D eigenvalue weighted by molar-refractivity contribution is 5.76. The quantitative estimate of drug-likeness (QED) is 0.648. The predicted molar refractivity (Wildman–Crippen MR) is 102 cm³/mol. The van der Waals surface area contributed by atoms with Crippen LogP contribution in [0.4, 0.5) is 0 Å². The van der Waals surface area contributed by atoms with E-state index in [0.717, 1.165) is 30.6 Å². The van der Waals surface area contributed by atoms with E-state index in [1.54, 1.807) is 25.5 Å². The number of carbonyl (C=O) groups excluding carboxylic acids is 1. The van der Waals surface area contributed by atoms with Crippen molar-refractivity contribution in [2.45, 2.75) is 31.6 Å². The lowest BCUT2D eigenvalue weighted by molar-refractivity contribution is -0.132. The van der Waals surface area contributed by atoms with Crippen LogP contribution in [0.25, 0.3) is 11.7 Å². The number of hydrogen-bond donors (Lipinski definition) is 0. The Morgan fingerprint density at radius 3 is 2.64 bits per heavy atom. The van der Waals surface area contributed by atoms with Gasteiger partial charge in [-0.25, -0.2) is 0 Å². The van der Waals surface area contributed by atoms with Crippen LogP contribution in [0.1, 0.15) is 36.6 Å². The Morgan fingerprint density at radius 1 is 1.18 bits per heavy atom. The minimum absolute atomic E-state index is 0.182. The van der Waals surface area contributed by atoms with Crippen LogP contribution in [0.3, 0.4) is 0 Å². The fourth-order valence-corrected chi connectivity index (χ4v) is 3.48. The van der Waals surface area contributed by atoms with E-state index < -0.39 is 0 Å². The van der Waals surface area contributed by atoms with Gasteiger partial charge in [-0.1, -0.05) is 12.1 Å². The van der Waals surface area contributed by atoms with Crippen LogP contribution in [0.2, 0.25) is 0 Å². The van der Waals surface area contributed by atoms with E-state index in [4.69, 9.17) is 13.6 Å². The molecular weight excluding hydrogens is 358 g/mol. The number of carbonyl (C=O) groups is 1. The highest BCUT2D eigenvalue weighted by atomic mass is 16.5. The molecule has 0 unspecified atom stereocenters. The van der Waals surface area contributed by atoms with Crippen LogP contribution < -0.4 is 4.74 Å². The lowest BCUT2D eigenvalue weighted by atomic mass is 9.96. The number of hydrogen-bond acceptors (Lipinski definition) is 6. The standard InChI is InChI=1S/C21H23N3O4/c1-26-17-7-4-15(5-8-17)6-9-19(25)24-12-10-16(11-13-24)20-22-23-21(28-20)18-3-2-14-27-18/h2-5,7-8,14,16H,6,9-13H2,1H3. The lowest BCUT2D eigenvalue weighted by Crippen LogP contribution is -2.38. The molecule has 1 fully saturated rings. The number of aromatic nitrogens is 2. The average molecular weight is 381 g/mol. The van der Waals surface area contributed by atoms with Crippen molar-refractivity contribution in [2.75, 3.05) is 20.2 Å². The van der Waals surface area contributed by atoms with Gasteiger partial charge in [-0.2, -0.15) is 0 Å². The largest absolute Gasteiger partial charge is 0.497 e. The molecule has 146 valence electrons. The van der Waals surface area contributed by atoms with Gasteiger partial charge in [-0.3, -0.25) is 4.79 Å². The van der Waals surface area contributed by atoms with Crippen LogP contribution in [0.5, 0.6) is 5.75 Å². The second-order valence-corrected chi connectivity index (χ2v) is 6.93. The third-order valence-corrected chi connectivity index (χ3v) is 5.16. The number of ether oxygens (including phenoxy) is 1. The molecule has 1 aliphatic rings. The first-order valence-electron chi connectivity index (χ1n) is 9.51. The SMILES string of the molecule is COc1ccc(CCC(=O)N2CCC(c3nnc(-c4ccco4)o3)CC2)cc1. The number of methoxy groups -OCH3 is 1. The average Bonchev–Trinajstić information content (AvgIpc) is 3.44. The number of rotatable bonds is 6. The number of amides is 1. The van der Waals surface area contributed by atoms with E-state index in [0.29, 0.717) is 37.1 Å². The fourth-order valence-electron chi connectivity index (χ4n) is 3.48. The zero-order valence-corrected chi connectivity index (χ0v) is 15.8. The van der Waals surface area contributed by atoms with Crippen LogP contribution in [-0.2, 0) is 11.2 Å². The minimum Gasteiger partial charge on any atom is -0.497 e. The maximum Gasteiger partial charge on any atom is 0.283 e.